The second-order valence-corrected chi connectivity index (χ2v) is 7.55. The summed E-state index contributed by atoms with van der Waals surface area (Å²) in [6.07, 6.45) is 5.69. The van der Waals surface area contributed by atoms with Gasteiger partial charge in [-0.3, -0.25) is 4.79 Å². The summed E-state index contributed by atoms with van der Waals surface area (Å²) in [6, 6.07) is 10.6. The second-order valence-electron chi connectivity index (χ2n) is 7.55. The van der Waals surface area contributed by atoms with Crippen LogP contribution in [0, 0.1) is 22.7 Å². The zero-order valence-corrected chi connectivity index (χ0v) is 13.0. The molecule has 2 aliphatic rings. The first-order valence-electron chi connectivity index (χ1n) is 8.05. The summed E-state index contributed by atoms with van der Waals surface area (Å²) >= 11 is 0. The normalized spacial score (nSPS) is 34.6. The van der Waals surface area contributed by atoms with Gasteiger partial charge in [-0.05, 0) is 49.0 Å². The van der Waals surface area contributed by atoms with Crippen LogP contribution >= 0.6 is 0 Å². The SMILES string of the molecule is CC1(C)[C@H]2CC[C@]1(C)C(=O)[C@@H]2CCCc1ccccc1. The molecule has 1 aromatic carbocycles. The molecule has 0 amide bonds. The number of Topliss-reactive ketones (excluding diaryl/α,β-unsaturated/α-hetero) is 1. The topological polar surface area (TPSA) is 17.1 Å². The Labute approximate surface area is 122 Å². The van der Waals surface area contributed by atoms with Crippen molar-refractivity contribution in [1.29, 1.82) is 0 Å². The summed E-state index contributed by atoms with van der Waals surface area (Å²) in [6.45, 7) is 6.85. The predicted octanol–water partition coefficient (Wildman–Crippen LogP) is 4.65. The van der Waals surface area contributed by atoms with Crippen LogP contribution in [0.3, 0.4) is 0 Å². The van der Waals surface area contributed by atoms with Crippen molar-refractivity contribution in [3.05, 3.63) is 35.9 Å². The highest BCUT2D eigenvalue weighted by Crippen LogP contribution is 2.66. The number of hydrogen-bond acceptors (Lipinski definition) is 1. The highest BCUT2D eigenvalue weighted by Gasteiger charge is 2.65. The Hall–Kier alpha value is -1.11. The van der Waals surface area contributed by atoms with Gasteiger partial charge < -0.3 is 0 Å². The van der Waals surface area contributed by atoms with E-state index in [0.29, 0.717) is 17.6 Å². The molecule has 0 radical (unpaired) electrons. The molecule has 3 atom stereocenters. The number of carbonyl (C=O) groups excluding carboxylic acids is 1. The first kappa shape index (κ1) is 13.9. The predicted molar refractivity (Wildman–Crippen MR) is 82.5 cm³/mol. The van der Waals surface area contributed by atoms with E-state index >= 15 is 0 Å². The lowest BCUT2D eigenvalue weighted by Gasteiger charge is -2.32. The number of aryl methyl sites for hydroxylation is 1. The van der Waals surface area contributed by atoms with Gasteiger partial charge in [-0.25, -0.2) is 0 Å². The van der Waals surface area contributed by atoms with E-state index in [9.17, 15) is 4.79 Å². The van der Waals surface area contributed by atoms with E-state index in [2.05, 4.69) is 51.1 Å². The first-order valence-corrected chi connectivity index (χ1v) is 8.05. The third-order valence-electron chi connectivity index (χ3n) is 6.49. The van der Waals surface area contributed by atoms with E-state index in [4.69, 9.17) is 0 Å². The number of hydrogen-bond donors (Lipinski definition) is 0. The second kappa shape index (κ2) is 4.72. The van der Waals surface area contributed by atoms with Crippen molar-refractivity contribution in [1.82, 2.24) is 0 Å². The van der Waals surface area contributed by atoms with Crippen LogP contribution in [0.5, 0.6) is 0 Å². The minimum absolute atomic E-state index is 0.0465. The zero-order valence-electron chi connectivity index (χ0n) is 13.0. The number of rotatable bonds is 4. The summed E-state index contributed by atoms with van der Waals surface area (Å²) in [4.78, 5) is 12.7. The molecule has 0 N–H and O–H groups in total. The molecule has 2 aliphatic carbocycles. The Morgan fingerprint density at radius 1 is 1.15 bits per heavy atom. The largest absolute Gasteiger partial charge is 0.299 e. The molecule has 1 nitrogen and oxygen atoms in total. The molecular weight excluding hydrogens is 244 g/mol. The van der Waals surface area contributed by atoms with Crippen LogP contribution in [0.2, 0.25) is 0 Å². The van der Waals surface area contributed by atoms with Gasteiger partial charge in [0.1, 0.15) is 5.78 Å². The fraction of sp³-hybridized carbons (Fsp3) is 0.632. The molecule has 0 saturated heterocycles. The molecule has 0 spiro atoms. The highest BCUT2D eigenvalue weighted by molar-refractivity contribution is 5.91. The van der Waals surface area contributed by atoms with Crippen molar-refractivity contribution in [2.45, 2.75) is 52.9 Å². The summed E-state index contributed by atoms with van der Waals surface area (Å²) in [5, 5.41) is 0. The lowest BCUT2D eigenvalue weighted by Crippen LogP contribution is -2.33. The van der Waals surface area contributed by atoms with Crippen LogP contribution in [-0.4, -0.2) is 5.78 Å². The molecule has 3 rings (SSSR count). The Bertz CT molecular complexity index is 502. The molecule has 1 aromatic rings. The standard InChI is InChI=1S/C19H26O/c1-18(2)16-12-13-19(18,3)17(20)15(16)11-7-10-14-8-5-4-6-9-14/h4-6,8-9,15-16H,7,10-13H2,1-3H3/t15-,16+,19-/m1/s1. The Morgan fingerprint density at radius 2 is 1.85 bits per heavy atom. The van der Waals surface area contributed by atoms with Crippen molar-refractivity contribution in [3.8, 4) is 0 Å². The Balaban J connectivity index is 1.64. The van der Waals surface area contributed by atoms with Gasteiger partial charge in [0.15, 0.2) is 0 Å². The van der Waals surface area contributed by atoms with Crippen LogP contribution in [0.25, 0.3) is 0 Å². The molecule has 0 aliphatic heterocycles. The maximum atomic E-state index is 12.7. The molecule has 108 valence electrons. The van der Waals surface area contributed by atoms with Crippen molar-refractivity contribution in [3.63, 3.8) is 0 Å². The van der Waals surface area contributed by atoms with Gasteiger partial charge in [0, 0.05) is 11.3 Å². The maximum Gasteiger partial charge on any atom is 0.142 e. The van der Waals surface area contributed by atoms with Crippen LogP contribution < -0.4 is 0 Å². The van der Waals surface area contributed by atoms with E-state index in [1.807, 2.05) is 0 Å². The zero-order chi connectivity index (χ0) is 14.4. The fourth-order valence-corrected chi connectivity index (χ4v) is 4.78. The smallest absolute Gasteiger partial charge is 0.142 e. The van der Waals surface area contributed by atoms with Crippen LogP contribution in [0.4, 0.5) is 0 Å². The molecular formula is C19H26O. The van der Waals surface area contributed by atoms with Gasteiger partial charge in [0.05, 0.1) is 0 Å². The van der Waals surface area contributed by atoms with E-state index in [0.717, 1.165) is 25.7 Å². The molecule has 0 heterocycles. The summed E-state index contributed by atoms with van der Waals surface area (Å²) < 4.78 is 0. The fourth-order valence-electron chi connectivity index (χ4n) is 4.78. The third kappa shape index (κ3) is 1.86. The molecule has 20 heavy (non-hydrogen) atoms. The molecule has 0 aromatic heterocycles. The monoisotopic (exact) mass is 270 g/mol. The average molecular weight is 270 g/mol. The molecule has 0 unspecified atom stereocenters. The minimum atomic E-state index is -0.0465. The summed E-state index contributed by atoms with van der Waals surface area (Å²) in [5.74, 6) is 1.51. The van der Waals surface area contributed by atoms with Crippen molar-refractivity contribution < 1.29 is 4.79 Å². The van der Waals surface area contributed by atoms with E-state index in [-0.39, 0.29) is 10.8 Å². The van der Waals surface area contributed by atoms with Crippen LogP contribution in [-0.2, 0) is 11.2 Å². The van der Waals surface area contributed by atoms with Crippen LogP contribution in [0.1, 0.15) is 52.0 Å². The van der Waals surface area contributed by atoms with Gasteiger partial charge in [0.25, 0.3) is 0 Å². The lowest BCUT2D eigenvalue weighted by atomic mass is 9.70. The average Bonchev–Trinajstić information content (AvgIpc) is 2.74. The van der Waals surface area contributed by atoms with E-state index < -0.39 is 0 Å². The number of benzene rings is 1. The quantitative estimate of drug-likeness (QED) is 0.778. The molecule has 1 heteroatoms. The van der Waals surface area contributed by atoms with E-state index in [1.54, 1.807) is 0 Å². The van der Waals surface area contributed by atoms with Crippen molar-refractivity contribution in [2.75, 3.05) is 0 Å². The number of carbonyl (C=O) groups is 1. The first-order chi connectivity index (χ1) is 9.47. The van der Waals surface area contributed by atoms with Gasteiger partial charge in [0.2, 0.25) is 0 Å². The Morgan fingerprint density at radius 3 is 2.45 bits per heavy atom. The number of fused-ring (bicyclic) bond motifs is 2. The summed E-state index contributed by atoms with van der Waals surface area (Å²) in [5.41, 5.74) is 1.56. The van der Waals surface area contributed by atoms with Gasteiger partial charge in [-0.15, -0.1) is 0 Å². The highest BCUT2D eigenvalue weighted by atomic mass is 16.1. The maximum absolute atomic E-state index is 12.7. The van der Waals surface area contributed by atoms with Gasteiger partial charge in [-0.2, -0.15) is 0 Å². The molecule has 2 fully saturated rings. The van der Waals surface area contributed by atoms with Crippen molar-refractivity contribution in [2.24, 2.45) is 22.7 Å². The van der Waals surface area contributed by atoms with Gasteiger partial charge >= 0.3 is 0 Å². The minimum Gasteiger partial charge on any atom is -0.299 e. The van der Waals surface area contributed by atoms with Crippen molar-refractivity contribution >= 4 is 5.78 Å². The summed E-state index contributed by atoms with van der Waals surface area (Å²) in [7, 11) is 0. The van der Waals surface area contributed by atoms with E-state index in [1.165, 1.54) is 12.0 Å². The molecule has 2 bridgehead atoms. The Kier molecular flexibility index (Phi) is 3.27. The molecule has 2 saturated carbocycles. The lowest BCUT2D eigenvalue weighted by molar-refractivity contribution is -0.131. The van der Waals surface area contributed by atoms with Crippen LogP contribution in [0.15, 0.2) is 30.3 Å². The number of ketones is 1. The van der Waals surface area contributed by atoms with Gasteiger partial charge in [-0.1, -0.05) is 51.1 Å². The third-order valence-corrected chi connectivity index (χ3v) is 6.49.